The molecule has 8 nitrogen and oxygen atoms in total. The Balaban J connectivity index is 2.44. The van der Waals surface area contributed by atoms with Crippen LogP contribution in [0.5, 0.6) is 17.2 Å². The standard InChI is InChI=1S/C17H20N2O6/c1-9-14(24-4)10(8-13(23-3)15(9)25-5)18-16(20)11-6-7-12(17(21)22)19(11)2/h6-8H,1-5H3,(H,18,20)(H,21,22). The van der Waals surface area contributed by atoms with Crippen molar-refractivity contribution in [1.29, 1.82) is 0 Å². The lowest BCUT2D eigenvalue weighted by atomic mass is 10.1. The molecule has 2 aromatic rings. The largest absolute Gasteiger partial charge is 0.494 e. The number of carbonyl (C=O) groups is 2. The first-order valence-electron chi connectivity index (χ1n) is 7.35. The number of rotatable bonds is 6. The minimum atomic E-state index is -1.11. The Kier molecular flexibility index (Phi) is 5.21. The quantitative estimate of drug-likeness (QED) is 0.831. The number of benzene rings is 1. The molecule has 1 amide bonds. The molecule has 0 aliphatic rings. The molecule has 0 aliphatic heterocycles. The molecule has 0 unspecified atom stereocenters. The second-order valence-electron chi connectivity index (χ2n) is 5.24. The fourth-order valence-electron chi connectivity index (χ4n) is 2.65. The Morgan fingerprint density at radius 3 is 2.12 bits per heavy atom. The van der Waals surface area contributed by atoms with Crippen molar-refractivity contribution in [2.45, 2.75) is 6.92 Å². The Morgan fingerprint density at radius 1 is 1.04 bits per heavy atom. The average Bonchev–Trinajstić information content (AvgIpc) is 2.96. The van der Waals surface area contributed by atoms with E-state index in [0.29, 0.717) is 28.5 Å². The van der Waals surface area contributed by atoms with Crippen LogP contribution in [0, 0.1) is 6.92 Å². The van der Waals surface area contributed by atoms with Gasteiger partial charge in [0.15, 0.2) is 11.5 Å². The fraction of sp³-hybridized carbons (Fsp3) is 0.294. The number of carbonyl (C=O) groups excluding carboxylic acids is 1. The molecular formula is C17H20N2O6. The number of hydrogen-bond acceptors (Lipinski definition) is 5. The predicted octanol–water partition coefficient (Wildman–Crippen LogP) is 2.31. The minimum Gasteiger partial charge on any atom is -0.494 e. The molecule has 1 heterocycles. The highest BCUT2D eigenvalue weighted by Gasteiger charge is 2.21. The van der Waals surface area contributed by atoms with Crippen LogP contribution in [0.3, 0.4) is 0 Å². The first-order valence-corrected chi connectivity index (χ1v) is 7.35. The van der Waals surface area contributed by atoms with Gasteiger partial charge in [0.1, 0.15) is 17.1 Å². The Morgan fingerprint density at radius 2 is 1.64 bits per heavy atom. The molecule has 25 heavy (non-hydrogen) atoms. The van der Waals surface area contributed by atoms with E-state index in [1.165, 1.54) is 45.1 Å². The number of ether oxygens (including phenoxy) is 3. The first-order chi connectivity index (χ1) is 11.8. The Hall–Kier alpha value is -3.16. The van der Waals surface area contributed by atoms with E-state index in [9.17, 15) is 9.59 Å². The molecule has 1 aromatic carbocycles. The molecule has 0 saturated carbocycles. The van der Waals surface area contributed by atoms with E-state index in [1.807, 2.05) is 0 Å². The van der Waals surface area contributed by atoms with Crippen LogP contribution in [0.4, 0.5) is 5.69 Å². The van der Waals surface area contributed by atoms with Gasteiger partial charge in [-0.1, -0.05) is 0 Å². The van der Waals surface area contributed by atoms with Crippen LogP contribution < -0.4 is 19.5 Å². The van der Waals surface area contributed by atoms with Crippen molar-refractivity contribution < 1.29 is 28.9 Å². The van der Waals surface area contributed by atoms with Crippen molar-refractivity contribution in [3.63, 3.8) is 0 Å². The normalized spacial score (nSPS) is 10.3. The summed E-state index contributed by atoms with van der Waals surface area (Å²) in [6.45, 7) is 1.78. The van der Waals surface area contributed by atoms with E-state index in [4.69, 9.17) is 19.3 Å². The number of hydrogen-bond donors (Lipinski definition) is 2. The van der Waals surface area contributed by atoms with Gasteiger partial charge in [0.2, 0.25) is 0 Å². The van der Waals surface area contributed by atoms with Gasteiger partial charge in [-0.3, -0.25) is 4.79 Å². The Labute approximate surface area is 144 Å². The summed E-state index contributed by atoms with van der Waals surface area (Å²) in [6.07, 6.45) is 0. The number of anilines is 1. The van der Waals surface area contributed by atoms with Crippen molar-refractivity contribution >= 4 is 17.6 Å². The van der Waals surface area contributed by atoms with E-state index >= 15 is 0 Å². The van der Waals surface area contributed by atoms with Crippen LogP contribution in [-0.4, -0.2) is 42.9 Å². The molecule has 0 fully saturated rings. The highest BCUT2D eigenvalue weighted by Crippen LogP contribution is 2.42. The van der Waals surface area contributed by atoms with Crippen molar-refractivity contribution in [2.75, 3.05) is 26.6 Å². The molecule has 2 N–H and O–H groups in total. The maximum atomic E-state index is 12.6. The summed E-state index contributed by atoms with van der Waals surface area (Å²) < 4.78 is 17.3. The number of methoxy groups -OCH3 is 3. The number of aromatic carboxylic acids is 1. The third kappa shape index (κ3) is 3.23. The van der Waals surface area contributed by atoms with E-state index in [-0.39, 0.29) is 11.4 Å². The molecule has 2 rings (SSSR count). The molecule has 8 heteroatoms. The third-order valence-electron chi connectivity index (χ3n) is 3.87. The van der Waals surface area contributed by atoms with E-state index in [0.717, 1.165) is 0 Å². The van der Waals surface area contributed by atoms with Crippen molar-refractivity contribution in [2.24, 2.45) is 7.05 Å². The first kappa shape index (κ1) is 18.2. The van der Waals surface area contributed by atoms with Gasteiger partial charge in [-0.2, -0.15) is 0 Å². The summed E-state index contributed by atoms with van der Waals surface area (Å²) in [5.74, 6) is -0.210. The summed E-state index contributed by atoms with van der Waals surface area (Å²) in [5, 5.41) is 11.8. The van der Waals surface area contributed by atoms with Gasteiger partial charge in [-0.25, -0.2) is 4.79 Å². The highest BCUT2D eigenvalue weighted by molar-refractivity contribution is 6.05. The Bertz CT molecular complexity index is 825. The predicted molar refractivity (Wildman–Crippen MR) is 91.2 cm³/mol. The molecule has 134 valence electrons. The summed E-state index contributed by atoms with van der Waals surface area (Å²) in [7, 11) is 6.00. The minimum absolute atomic E-state index is 0.0145. The molecule has 0 aliphatic carbocycles. The number of carboxylic acid groups (broad SMARTS) is 1. The van der Waals surface area contributed by atoms with E-state index < -0.39 is 11.9 Å². The maximum Gasteiger partial charge on any atom is 0.352 e. The third-order valence-corrected chi connectivity index (χ3v) is 3.87. The molecule has 0 spiro atoms. The van der Waals surface area contributed by atoms with Gasteiger partial charge in [0.25, 0.3) is 5.91 Å². The van der Waals surface area contributed by atoms with Crippen LogP contribution in [-0.2, 0) is 7.05 Å². The van der Waals surface area contributed by atoms with Crippen LogP contribution in [0.2, 0.25) is 0 Å². The van der Waals surface area contributed by atoms with Crippen molar-refractivity contribution in [3.05, 3.63) is 35.2 Å². The molecule has 0 atom stereocenters. The lowest BCUT2D eigenvalue weighted by molar-refractivity contribution is 0.0686. The van der Waals surface area contributed by atoms with Crippen LogP contribution in [0.1, 0.15) is 26.5 Å². The van der Waals surface area contributed by atoms with Gasteiger partial charge in [0, 0.05) is 18.7 Å². The smallest absolute Gasteiger partial charge is 0.352 e. The lowest BCUT2D eigenvalue weighted by Crippen LogP contribution is -2.18. The zero-order valence-corrected chi connectivity index (χ0v) is 14.7. The van der Waals surface area contributed by atoms with Gasteiger partial charge >= 0.3 is 5.97 Å². The SMILES string of the molecule is COc1cc(NC(=O)c2ccc(C(=O)O)n2C)c(OC)c(C)c1OC. The zero-order valence-electron chi connectivity index (χ0n) is 14.7. The molecule has 1 aromatic heterocycles. The topological polar surface area (TPSA) is 99.0 Å². The fourth-order valence-corrected chi connectivity index (χ4v) is 2.65. The second-order valence-corrected chi connectivity index (χ2v) is 5.24. The number of carboxylic acids is 1. The maximum absolute atomic E-state index is 12.6. The summed E-state index contributed by atoms with van der Waals surface area (Å²) in [6, 6.07) is 4.40. The highest BCUT2D eigenvalue weighted by atomic mass is 16.5. The summed E-state index contributed by atoms with van der Waals surface area (Å²) >= 11 is 0. The van der Waals surface area contributed by atoms with Crippen LogP contribution in [0.15, 0.2) is 18.2 Å². The monoisotopic (exact) mass is 348 g/mol. The molecular weight excluding hydrogens is 328 g/mol. The lowest BCUT2D eigenvalue weighted by Gasteiger charge is -2.18. The number of amides is 1. The van der Waals surface area contributed by atoms with E-state index in [1.54, 1.807) is 13.0 Å². The van der Waals surface area contributed by atoms with E-state index in [2.05, 4.69) is 5.32 Å². The number of nitrogens with one attached hydrogen (secondary N) is 1. The average molecular weight is 348 g/mol. The molecule has 0 radical (unpaired) electrons. The van der Waals surface area contributed by atoms with Gasteiger partial charge in [0.05, 0.1) is 27.0 Å². The van der Waals surface area contributed by atoms with Crippen molar-refractivity contribution in [3.8, 4) is 17.2 Å². The summed E-state index contributed by atoms with van der Waals surface area (Å²) in [4.78, 5) is 23.7. The molecule has 0 bridgehead atoms. The van der Waals surface area contributed by atoms with Gasteiger partial charge in [-0.15, -0.1) is 0 Å². The second kappa shape index (κ2) is 7.16. The number of aromatic nitrogens is 1. The number of nitrogens with zero attached hydrogens (tertiary/aromatic N) is 1. The zero-order chi connectivity index (χ0) is 18.7. The van der Waals surface area contributed by atoms with Crippen LogP contribution in [0.25, 0.3) is 0 Å². The molecule has 0 saturated heterocycles. The van der Waals surface area contributed by atoms with Gasteiger partial charge in [-0.05, 0) is 19.1 Å². The van der Waals surface area contributed by atoms with Crippen LogP contribution >= 0.6 is 0 Å². The van der Waals surface area contributed by atoms with Gasteiger partial charge < -0.3 is 29.2 Å². The van der Waals surface area contributed by atoms with Crippen molar-refractivity contribution in [1.82, 2.24) is 4.57 Å². The summed E-state index contributed by atoms with van der Waals surface area (Å²) in [5.41, 5.74) is 1.27.